The number of benzene rings is 2. The molecule has 0 aromatic heterocycles. The number of hydrogen-bond donors (Lipinski definition) is 2. The Hall–Kier alpha value is -1.86. The molecule has 2 aromatic carbocycles. The van der Waals surface area contributed by atoms with Gasteiger partial charge in [0.05, 0.1) is 21.8 Å². The smallest absolute Gasteiger partial charge is 0.257 e. The van der Waals surface area contributed by atoms with Crippen LogP contribution < -0.4 is 10.6 Å². The summed E-state index contributed by atoms with van der Waals surface area (Å²) in [7, 11) is 0. The largest absolute Gasteiger partial charge is 0.349 e. The Morgan fingerprint density at radius 3 is 2.57 bits per heavy atom. The number of carbonyl (C=O) groups is 2. The monoisotopic (exact) mass is 440 g/mol. The van der Waals surface area contributed by atoms with Crippen molar-refractivity contribution in [1.82, 2.24) is 5.32 Å². The van der Waals surface area contributed by atoms with Gasteiger partial charge in [-0.2, -0.15) is 0 Å². The SMILES string of the molecule is C=CCNC(=O)c1cc(I)ccc1NC(=O)c1ccccc1Cl. The molecule has 2 aromatic rings. The van der Waals surface area contributed by atoms with Crippen molar-refractivity contribution in [2.45, 2.75) is 0 Å². The fourth-order valence-corrected chi connectivity index (χ4v) is 2.62. The van der Waals surface area contributed by atoms with E-state index in [9.17, 15) is 9.59 Å². The van der Waals surface area contributed by atoms with Gasteiger partial charge in [0.2, 0.25) is 0 Å². The molecule has 2 amide bonds. The predicted octanol–water partition coefficient (Wildman–Crippen LogP) is 4.11. The maximum Gasteiger partial charge on any atom is 0.257 e. The van der Waals surface area contributed by atoms with Crippen molar-refractivity contribution in [3.05, 3.63) is 74.8 Å². The first-order valence-corrected chi connectivity index (χ1v) is 8.23. The highest BCUT2D eigenvalue weighted by atomic mass is 127. The molecule has 118 valence electrons. The van der Waals surface area contributed by atoms with Crippen LogP contribution in [0.5, 0.6) is 0 Å². The van der Waals surface area contributed by atoms with E-state index in [0.717, 1.165) is 3.57 Å². The van der Waals surface area contributed by atoms with Crippen molar-refractivity contribution in [2.75, 3.05) is 11.9 Å². The van der Waals surface area contributed by atoms with Gasteiger partial charge in [0, 0.05) is 10.1 Å². The predicted molar refractivity (Wildman–Crippen MR) is 101 cm³/mol. The zero-order valence-electron chi connectivity index (χ0n) is 12.1. The van der Waals surface area contributed by atoms with Gasteiger partial charge in [-0.05, 0) is 52.9 Å². The summed E-state index contributed by atoms with van der Waals surface area (Å²) in [5.41, 5.74) is 1.17. The third kappa shape index (κ3) is 4.56. The fourth-order valence-electron chi connectivity index (χ4n) is 1.91. The molecule has 0 aliphatic heterocycles. The van der Waals surface area contributed by atoms with Crippen molar-refractivity contribution >= 4 is 51.7 Å². The molecule has 0 unspecified atom stereocenters. The molecule has 2 N–H and O–H groups in total. The lowest BCUT2D eigenvalue weighted by molar-refractivity contribution is 0.0959. The zero-order chi connectivity index (χ0) is 16.8. The van der Waals surface area contributed by atoms with Crippen molar-refractivity contribution in [2.24, 2.45) is 0 Å². The van der Waals surface area contributed by atoms with Crippen LogP contribution in [0.4, 0.5) is 5.69 Å². The fraction of sp³-hybridized carbons (Fsp3) is 0.0588. The van der Waals surface area contributed by atoms with Crippen LogP contribution in [0.15, 0.2) is 55.1 Å². The lowest BCUT2D eigenvalue weighted by Gasteiger charge is -2.12. The van der Waals surface area contributed by atoms with Crippen LogP contribution >= 0.6 is 34.2 Å². The van der Waals surface area contributed by atoms with Gasteiger partial charge in [0.1, 0.15) is 0 Å². The number of rotatable bonds is 5. The quantitative estimate of drug-likeness (QED) is 0.543. The Bertz CT molecular complexity index is 762. The van der Waals surface area contributed by atoms with E-state index in [1.54, 1.807) is 42.5 Å². The Morgan fingerprint density at radius 1 is 1.13 bits per heavy atom. The van der Waals surface area contributed by atoms with E-state index in [0.29, 0.717) is 28.4 Å². The average molecular weight is 441 g/mol. The minimum atomic E-state index is -0.366. The number of hydrogen-bond acceptors (Lipinski definition) is 2. The van der Waals surface area contributed by atoms with E-state index in [2.05, 4.69) is 39.8 Å². The maximum absolute atomic E-state index is 12.4. The lowest BCUT2D eigenvalue weighted by Crippen LogP contribution is -2.25. The Labute approximate surface area is 153 Å². The summed E-state index contributed by atoms with van der Waals surface area (Å²) in [5, 5.41) is 5.80. The third-order valence-electron chi connectivity index (χ3n) is 3.00. The molecular formula is C17H14ClIN2O2. The molecule has 23 heavy (non-hydrogen) atoms. The highest BCUT2D eigenvalue weighted by molar-refractivity contribution is 14.1. The van der Waals surface area contributed by atoms with E-state index < -0.39 is 0 Å². The van der Waals surface area contributed by atoms with Gasteiger partial charge in [-0.3, -0.25) is 9.59 Å². The molecule has 0 spiro atoms. The molecule has 4 nitrogen and oxygen atoms in total. The first kappa shape index (κ1) is 17.5. The normalized spacial score (nSPS) is 10.0. The molecule has 0 heterocycles. The van der Waals surface area contributed by atoms with Crippen molar-refractivity contribution in [3.63, 3.8) is 0 Å². The molecule has 6 heteroatoms. The molecule has 0 saturated carbocycles. The van der Waals surface area contributed by atoms with Crippen LogP contribution in [0.1, 0.15) is 20.7 Å². The highest BCUT2D eigenvalue weighted by Gasteiger charge is 2.16. The third-order valence-corrected chi connectivity index (χ3v) is 4.00. The van der Waals surface area contributed by atoms with Gasteiger partial charge < -0.3 is 10.6 Å². The summed E-state index contributed by atoms with van der Waals surface area (Å²) in [6, 6.07) is 12.0. The van der Waals surface area contributed by atoms with Gasteiger partial charge in [0.15, 0.2) is 0 Å². The van der Waals surface area contributed by atoms with Gasteiger partial charge >= 0.3 is 0 Å². The molecular weight excluding hydrogens is 427 g/mol. The Kier molecular flexibility index (Phi) is 6.18. The van der Waals surface area contributed by atoms with Gasteiger partial charge in [0.25, 0.3) is 11.8 Å². The first-order chi connectivity index (χ1) is 11.0. The second kappa shape index (κ2) is 8.12. The molecule has 0 fully saturated rings. The number of anilines is 1. The molecule has 0 atom stereocenters. The van der Waals surface area contributed by atoms with E-state index in [4.69, 9.17) is 11.6 Å². The minimum Gasteiger partial charge on any atom is -0.349 e. The van der Waals surface area contributed by atoms with Crippen LogP contribution in [-0.4, -0.2) is 18.4 Å². The summed E-state index contributed by atoms with van der Waals surface area (Å²) in [6.45, 7) is 3.91. The summed E-state index contributed by atoms with van der Waals surface area (Å²) < 4.78 is 0.891. The maximum atomic E-state index is 12.4. The minimum absolute atomic E-state index is 0.280. The second-order valence-corrected chi connectivity index (χ2v) is 6.28. The first-order valence-electron chi connectivity index (χ1n) is 6.77. The van der Waals surface area contributed by atoms with Crippen LogP contribution in [0.3, 0.4) is 0 Å². The summed E-state index contributed by atoms with van der Waals surface area (Å²) in [4.78, 5) is 24.6. The molecule has 0 aliphatic carbocycles. The Morgan fingerprint density at radius 2 is 1.87 bits per heavy atom. The molecule has 0 saturated heterocycles. The van der Waals surface area contributed by atoms with Gasteiger partial charge in [-0.25, -0.2) is 0 Å². The lowest BCUT2D eigenvalue weighted by atomic mass is 10.1. The number of halogens is 2. The Balaban J connectivity index is 2.29. The van der Waals surface area contributed by atoms with Crippen molar-refractivity contribution in [3.8, 4) is 0 Å². The second-order valence-electron chi connectivity index (χ2n) is 4.62. The highest BCUT2D eigenvalue weighted by Crippen LogP contribution is 2.22. The standard InChI is InChI=1S/C17H14ClIN2O2/c1-2-9-20-16(22)13-10-11(19)7-8-15(13)21-17(23)12-5-3-4-6-14(12)18/h2-8,10H,1,9H2,(H,20,22)(H,21,23). The number of carbonyl (C=O) groups excluding carboxylic acids is 2. The van der Waals surface area contributed by atoms with Crippen molar-refractivity contribution in [1.29, 1.82) is 0 Å². The van der Waals surface area contributed by atoms with E-state index in [1.165, 1.54) is 0 Å². The van der Waals surface area contributed by atoms with Crippen LogP contribution in [0.2, 0.25) is 5.02 Å². The summed E-state index contributed by atoms with van der Waals surface area (Å²) in [5.74, 6) is -0.646. The molecule has 0 bridgehead atoms. The van der Waals surface area contributed by atoms with E-state index >= 15 is 0 Å². The average Bonchev–Trinajstić information content (AvgIpc) is 2.54. The van der Waals surface area contributed by atoms with Gasteiger partial charge in [-0.1, -0.05) is 29.8 Å². The van der Waals surface area contributed by atoms with Gasteiger partial charge in [-0.15, -0.1) is 6.58 Å². The zero-order valence-corrected chi connectivity index (χ0v) is 15.0. The number of nitrogens with one attached hydrogen (secondary N) is 2. The summed E-state index contributed by atoms with van der Waals surface area (Å²) >= 11 is 8.14. The van der Waals surface area contributed by atoms with Crippen molar-refractivity contribution < 1.29 is 9.59 Å². The topological polar surface area (TPSA) is 58.2 Å². The van der Waals surface area contributed by atoms with E-state index in [1.807, 2.05) is 6.07 Å². The molecule has 0 aliphatic rings. The van der Waals surface area contributed by atoms with Crippen LogP contribution in [-0.2, 0) is 0 Å². The van der Waals surface area contributed by atoms with E-state index in [-0.39, 0.29) is 11.8 Å². The summed E-state index contributed by atoms with van der Waals surface area (Å²) in [6.07, 6.45) is 1.59. The van der Waals surface area contributed by atoms with Crippen LogP contribution in [0.25, 0.3) is 0 Å². The number of amides is 2. The van der Waals surface area contributed by atoms with Crippen LogP contribution in [0, 0.1) is 3.57 Å². The molecule has 0 radical (unpaired) electrons. The molecule has 2 rings (SSSR count).